The van der Waals surface area contributed by atoms with Gasteiger partial charge in [0.1, 0.15) is 5.03 Å². The Kier molecular flexibility index (Phi) is 2.86. The summed E-state index contributed by atoms with van der Waals surface area (Å²) in [5, 5.41) is 13.4. The third-order valence-electron chi connectivity index (χ3n) is 1.84. The first-order valence-corrected chi connectivity index (χ1v) is 5.39. The first-order chi connectivity index (χ1) is 7.27. The molecule has 0 saturated heterocycles. The van der Waals surface area contributed by atoms with E-state index >= 15 is 0 Å². The van der Waals surface area contributed by atoms with Crippen LogP contribution in [0.5, 0.6) is 0 Å². The number of aliphatic carboxylic acids is 1. The Balaban J connectivity index is 2.13. The number of nitrogens with zero attached hydrogens (tertiary/aromatic N) is 3. The van der Waals surface area contributed by atoms with Crippen molar-refractivity contribution in [3.05, 3.63) is 24.7 Å². The van der Waals surface area contributed by atoms with Crippen LogP contribution in [0.3, 0.4) is 0 Å². The summed E-state index contributed by atoms with van der Waals surface area (Å²) in [5.41, 5.74) is 0.910. The Bertz CT molecular complexity index is 483. The third-order valence-corrected chi connectivity index (χ3v) is 2.84. The molecule has 0 bridgehead atoms. The molecule has 0 saturated carbocycles. The standard InChI is InChI=1S/C9H9N3O2S/c13-8(14)2-6-15-9-7-1-3-11-12(7)5-4-10-9/h1,3-5H,2,6H2,(H,13,14). The molecule has 2 aromatic heterocycles. The second-order valence-electron chi connectivity index (χ2n) is 2.89. The highest BCUT2D eigenvalue weighted by Gasteiger charge is 2.04. The molecule has 2 aromatic rings. The van der Waals surface area contributed by atoms with E-state index in [-0.39, 0.29) is 6.42 Å². The van der Waals surface area contributed by atoms with Crippen LogP contribution in [0.1, 0.15) is 6.42 Å². The molecule has 15 heavy (non-hydrogen) atoms. The lowest BCUT2D eigenvalue weighted by Crippen LogP contribution is -1.97. The maximum absolute atomic E-state index is 10.4. The number of fused-ring (bicyclic) bond motifs is 1. The van der Waals surface area contributed by atoms with Gasteiger partial charge in [-0.1, -0.05) is 0 Å². The molecular weight excluding hydrogens is 214 g/mol. The summed E-state index contributed by atoms with van der Waals surface area (Å²) in [6.45, 7) is 0. The van der Waals surface area contributed by atoms with Crippen LogP contribution in [0.2, 0.25) is 0 Å². The summed E-state index contributed by atoms with van der Waals surface area (Å²) in [6, 6.07) is 1.86. The summed E-state index contributed by atoms with van der Waals surface area (Å²) in [7, 11) is 0. The molecule has 0 unspecified atom stereocenters. The van der Waals surface area contributed by atoms with Crippen LogP contribution in [0.4, 0.5) is 0 Å². The smallest absolute Gasteiger partial charge is 0.304 e. The SMILES string of the molecule is O=C(O)CCSc1nccn2nccc12. The maximum atomic E-state index is 10.4. The lowest BCUT2D eigenvalue weighted by molar-refractivity contribution is -0.136. The van der Waals surface area contributed by atoms with E-state index in [1.54, 1.807) is 23.1 Å². The second-order valence-corrected chi connectivity index (χ2v) is 3.97. The van der Waals surface area contributed by atoms with E-state index in [2.05, 4.69) is 10.1 Å². The summed E-state index contributed by atoms with van der Waals surface area (Å²) in [4.78, 5) is 14.5. The van der Waals surface area contributed by atoms with Crippen molar-refractivity contribution in [2.75, 3.05) is 5.75 Å². The van der Waals surface area contributed by atoms with Crippen molar-refractivity contribution in [2.24, 2.45) is 0 Å². The van der Waals surface area contributed by atoms with Gasteiger partial charge in [-0.3, -0.25) is 4.79 Å². The molecule has 6 heteroatoms. The Morgan fingerprint density at radius 1 is 1.53 bits per heavy atom. The second kappa shape index (κ2) is 4.31. The van der Waals surface area contributed by atoms with E-state index in [1.807, 2.05) is 6.07 Å². The van der Waals surface area contributed by atoms with Crippen LogP contribution in [0, 0.1) is 0 Å². The van der Waals surface area contributed by atoms with E-state index < -0.39 is 5.97 Å². The van der Waals surface area contributed by atoms with E-state index in [9.17, 15) is 4.79 Å². The van der Waals surface area contributed by atoms with Crippen molar-refractivity contribution < 1.29 is 9.90 Å². The zero-order valence-electron chi connectivity index (χ0n) is 7.83. The topological polar surface area (TPSA) is 67.5 Å². The van der Waals surface area contributed by atoms with E-state index in [1.165, 1.54) is 11.8 Å². The largest absolute Gasteiger partial charge is 0.481 e. The van der Waals surface area contributed by atoms with Gasteiger partial charge < -0.3 is 5.11 Å². The highest BCUT2D eigenvalue weighted by atomic mass is 32.2. The van der Waals surface area contributed by atoms with Crippen LogP contribution in [0.15, 0.2) is 29.7 Å². The molecule has 0 atom stereocenters. The number of aromatic nitrogens is 3. The average molecular weight is 223 g/mol. The fourth-order valence-corrected chi connectivity index (χ4v) is 2.09. The van der Waals surface area contributed by atoms with Crippen LogP contribution in [0.25, 0.3) is 5.52 Å². The number of carboxylic acid groups (broad SMARTS) is 1. The van der Waals surface area contributed by atoms with Crippen LogP contribution in [-0.4, -0.2) is 31.4 Å². The number of carboxylic acids is 1. The van der Waals surface area contributed by atoms with E-state index in [0.717, 1.165) is 10.5 Å². The van der Waals surface area contributed by atoms with Gasteiger partial charge in [-0.15, -0.1) is 11.8 Å². The molecule has 0 fully saturated rings. The average Bonchev–Trinajstić information content (AvgIpc) is 2.65. The zero-order valence-corrected chi connectivity index (χ0v) is 8.65. The molecule has 2 rings (SSSR count). The van der Waals surface area contributed by atoms with Crippen molar-refractivity contribution in [1.82, 2.24) is 14.6 Å². The van der Waals surface area contributed by atoms with Gasteiger partial charge in [0.05, 0.1) is 18.1 Å². The Morgan fingerprint density at radius 3 is 3.20 bits per heavy atom. The third kappa shape index (κ3) is 2.27. The minimum absolute atomic E-state index is 0.140. The minimum Gasteiger partial charge on any atom is -0.481 e. The van der Waals surface area contributed by atoms with Crippen LogP contribution < -0.4 is 0 Å². The predicted molar refractivity (Wildman–Crippen MR) is 56.0 cm³/mol. The summed E-state index contributed by atoms with van der Waals surface area (Å²) >= 11 is 1.43. The Labute approximate surface area is 90.1 Å². The monoisotopic (exact) mass is 223 g/mol. The zero-order chi connectivity index (χ0) is 10.7. The van der Waals surface area contributed by atoms with Gasteiger partial charge in [-0.05, 0) is 6.07 Å². The molecular formula is C9H9N3O2S. The van der Waals surface area contributed by atoms with Crippen LogP contribution in [-0.2, 0) is 4.79 Å². The molecule has 0 spiro atoms. The number of carbonyl (C=O) groups is 1. The van der Waals surface area contributed by atoms with Gasteiger partial charge in [0, 0.05) is 18.1 Å². The first-order valence-electron chi connectivity index (χ1n) is 4.40. The summed E-state index contributed by atoms with van der Waals surface area (Å²) in [6.07, 6.45) is 5.25. The molecule has 0 aromatic carbocycles. The van der Waals surface area contributed by atoms with Crippen molar-refractivity contribution >= 4 is 23.2 Å². The number of hydrogen-bond acceptors (Lipinski definition) is 4. The van der Waals surface area contributed by atoms with Gasteiger partial charge >= 0.3 is 5.97 Å². The van der Waals surface area contributed by atoms with Gasteiger partial charge in [-0.25, -0.2) is 9.50 Å². The van der Waals surface area contributed by atoms with Gasteiger partial charge in [0.15, 0.2) is 0 Å². The van der Waals surface area contributed by atoms with Gasteiger partial charge in [0.25, 0.3) is 0 Å². The molecule has 0 amide bonds. The van der Waals surface area contributed by atoms with Crippen molar-refractivity contribution in [1.29, 1.82) is 0 Å². The molecule has 0 aliphatic carbocycles. The lowest BCUT2D eigenvalue weighted by atomic mass is 10.5. The normalized spacial score (nSPS) is 10.7. The fraction of sp³-hybridized carbons (Fsp3) is 0.222. The van der Waals surface area contributed by atoms with Gasteiger partial charge in [0.2, 0.25) is 0 Å². The van der Waals surface area contributed by atoms with E-state index in [4.69, 9.17) is 5.11 Å². The summed E-state index contributed by atoms with van der Waals surface area (Å²) < 4.78 is 1.72. The van der Waals surface area contributed by atoms with Crippen molar-refractivity contribution in [3.8, 4) is 0 Å². The molecule has 0 radical (unpaired) electrons. The Hall–Kier alpha value is -1.56. The summed E-state index contributed by atoms with van der Waals surface area (Å²) in [5.74, 6) is -0.268. The van der Waals surface area contributed by atoms with Crippen molar-refractivity contribution in [2.45, 2.75) is 11.4 Å². The fourth-order valence-electron chi connectivity index (χ4n) is 1.18. The van der Waals surface area contributed by atoms with Gasteiger partial charge in [-0.2, -0.15) is 5.10 Å². The maximum Gasteiger partial charge on any atom is 0.304 e. The predicted octanol–water partition coefficient (Wildman–Crippen LogP) is 1.30. The highest BCUT2D eigenvalue weighted by molar-refractivity contribution is 7.99. The number of rotatable bonds is 4. The number of hydrogen-bond donors (Lipinski definition) is 1. The molecule has 0 aliphatic heterocycles. The Morgan fingerprint density at radius 2 is 2.40 bits per heavy atom. The molecule has 0 aliphatic rings. The van der Waals surface area contributed by atoms with Crippen LogP contribution >= 0.6 is 11.8 Å². The van der Waals surface area contributed by atoms with Crippen molar-refractivity contribution in [3.63, 3.8) is 0 Å². The number of thioether (sulfide) groups is 1. The molecule has 78 valence electrons. The molecule has 1 N–H and O–H groups in total. The minimum atomic E-state index is -0.789. The van der Waals surface area contributed by atoms with E-state index in [0.29, 0.717) is 5.75 Å². The first kappa shape index (κ1) is 9.97. The molecule has 5 nitrogen and oxygen atoms in total. The lowest BCUT2D eigenvalue weighted by Gasteiger charge is -2.00. The molecule has 2 heterocycles. The highest BCUT2D eigenvalue weighted by Crippen LogP contribution is 2.20. The quantitative estimate of drug-likeness (QED) is 0.791.